The second-order valence-corrected chi connectivity index (χ2v) is 4.66. The van der Waals surface area contributed by atoms with Crippen molar-refractivity contribution in [3.63, 3.8) is 0 Å². The molecule has 0 aliphatic rings. The van der Waals surface area contributed by atoms with Crippen molar-refractivity contribution in [1.29, 1.82) is 0 Å². The van der Waals surface area contributed by atoms with Gasteiger partial charge in [-0.05, 0) is 38.3 Å². The second kappa shape index (κ2) is 6.40. The fourth-order valence-electron chi connectivity index (χ4n) is 1.88. The van der Waals surface area contributed by atoms with Gasteiger partial charge < -0.3 is 10.4 Å². The molecule has 94 valence electrons. The lowest BCUT2D eigenvalue weighted by Crippen LogP contribution is -2.35. The van der Waals surface area contributed by atoms with Gasteiger partial charge >= 0.3 is 0 Å². The quantitative estimate of drug-likeness (QED) is 0.817. The van der Waals surface area contributed by atoms with Gasteiger partial charge in [0.1, 0.15) is 0 Å². The lowest BCUT2D eigenvalue weighted by Gasteiger charge is -2.15. The number of amides is 1. The summed E-state index contributed by atoms with van der Waals surface area (Å²) in [6, 6.07) is 7.88. The number of aliphatic hydroxyl groups excluding tert-OH is 1. The molecule has 0 saturated carbocycles. The smallest absolute Gasteiger partial charge is 0.224 e. The van der Waals surface area contributed by atoms with Crippen LogP contribution in [0, 0.1) is 6.92 Å². The maximum Gasteiger partial charge on any atom is 0.224 e. The van der Waals surface area contributed by atoms with Crippen LogP contribution < -0.4 is 5.32 Å². The summed E-state index contributed by atoms with van der Waals surface area (Å²) in [6.07, 6.45) is 0.597. The third-order valence-corrected chi connectivity index (χ3v) is 2.71. The van der Waals surface area contributed by atoms with Crippen LogP contribution in [0.1, 0.15) is 31.4 Å². The van der Waals surface area contributed by atoms with Crippen molar-refractivity contribution >= 4 is 5.91 Å². The number of aryl methyl sites for hydroxylation is 1. The predicted octanol–water partition coefficient (Wildman–Crippen LogP) is 1.81. The molecule has 0 fully saturated rings. The molecule has 1 aromatic rings. The third kappa shape index (κ3) is 5.00. The van der Waals surface area contributed by atoms with E-state index in [1.54, 1.807) is 6.92 Å². The molecule has 2 atom stereocenters. The highest BCUT2D eigenvalue weighted by atomic mass is 16.3. The van der Waals surface area contributed by atoms with Gasteiger partial charge in [-0.25, -0.2) is 0 Å². The lowest BCUT2D eigenvalue weighted by molar-refractivity contribution is -0.121. The molecule has 0 bridgehead atoms. The molecular weight excluding hydrogens is 214 g/mol. The molecule has 1 amide bonds. The highest BCUT2D eigenvalue weighted by Crippen LogP contribution is 2.08. The van der Waals surface area contributed by atoms with Gasteiger partial charge in [-0.15, -0.1) is 0 Å². The van der Waals surface area contributed by atoms with Gasteiger partial charge in [-0.1, -0.05) is 24.3 Å². The minimum absolute atomic E-state index is 0.00604. The Balaban J connectivity index is 2.47. The van der Waals surface area contributed by atoms with E-state index >= 15 is 0 Å². The van der Waals surface area contributed by atoms with Crippen LogP contribution in [-0.2, 0) is 11.2 Å². The molecule has 1 rings (SSSR count). The van der Waals surface area contributed by atoms with E-state index in [1.807, 2.05) is 38.1 Å². The Kier molecular flexibility index (Phi) is 5.16. The van der Waals surface area contributed by atoms with Gasteiger partial charge in [-0.3, -0.25) is 4.79 Å². The van der Waals surface area contributed by atoms with Crippen LogP contribution in [0.5, 0.6) is 0 Å². The standard InChI is InChI=1S/C14H21NO2/c1-10-6-4-5-7-13(10)9-14(17)15-11(2)8-12(3)16/h4-7,11-12,16H,8-9H2,1-3H3,(H,15,17). The van der Waals surface area contributed by atoms with E-state index in [1.165, 1.54) is 0 Å². The van der Waals surface area contributed by atoms with E-state index < -0.39 is 0 Å². The molecule has 3 heteroatoms. The van der Waals surface area contributed by atoms with Crippen molar-refractivity contribution in [1.82, 2.24) is 5.32 Å². The predicted molar refractivity (Wildman–Crippen MR) is 68.8 cm³/mol. The van der Waals surface area contributed by atoms with E-state index in [4.69, 9.17) is 0 Å². The first-order chi connectivity index (χ1) is 7.99. The minimum Gasteiger partial charge on any atom is -0.393 e. The zero-order chi connectivity index (χ0) is 12.8. The molecule has 0 aromatic heterocycles. The molecule has 2 N–H and O–H groups in total. The number of aliphatic hydroxyl groups is 1. The van der Waals surface area contributed by atoms with Crippen molar-refractivity contribution in [2.75, 3.05) is 0 Å². The van der Waals surface area contributed by atoms with Crippen LogP contribution in [0.25, 0.3) is 0 Å². The summed E-state index contributed by atoms with van der Waals surface area (Å²) in [5, 5.41) is 12.1. The number of carbonyl (C=O) groups excluding carboxylic acids is 1. The zero-order valence-corrected chi connectivity index (χ0v) is 10.7. The van der Waals surface area contributed by atoms with Gasteiger partial charge in [0.2, 0.25) is 5.91 Å². The summed E-state index contributed by atoms with van der Waals surface area (Å²) in [4.78, 5) is 11.8. The number of hydrogen-bond acceptors (Lipinski definition) is 2. The van der Waals surface area contributed by atoms with Gasteiger partial charge in [0.05, 0.1) is 12.5 Å². The van der Waals surface area contributed by atoms with Crippen molar-refractivity contribution in [3.05, 3.63) is 35.4 Å². The van der Waals surface area contributed by atoms with Gasteiger partial charge in [0.25, 0.3) is 0 Å². The molecule has 0 spiro atoms. The summed E-state index contributed by atoms with van der Waals surface area (Å²) in [6.45, 7) is 5.63. The Labute approximate surface area is 103 Å². The second-order valence-electron chi connectivity index (χ2n) is 4.66. The lowest BCUT2D eigenvalue weighted by atomic mass is 10.1. The number of nitrogens with one attached hydrogen (secondary N) is 1. The molecule has 3 nitrogen and oxygen atoms in total. The zero-order valence-electron chi connectivity index (χ0n) is 10.7. The first-order valence-corrected chi connectivity index (χ1v) is 6.01. The number of benzene rings is 1. The highest BCUT2D eigenvalue weighted by Gasteiger charge is 2.10. The third-order valence-electron chi connectivity index (χ3n) is 2.71. The number of rotatable bonds is 5. The van der Waals surface area contributed by atoms with E-state index in [2.05, 4.69) is 5.32 Å². The maximum absolute atomic E-state index is 11.8. The van der Waals surface area contributed by atoms with E-state index in [0.717, 1.165) is 11.1 Å². The Morgan fingerprint density at radius 2 is 2.00 bits per heavy atom. The summed E-state index contributed by atoms with van der Waals surface area (Å²) in [7, 11) is 0. The molecule has 2 unspecified atom stereocenters. The molecule has 0 heterocycles. The van der Waals surface area contributed by atoms with E-state index in [-0.39, 0.29) is 18.1 Å². The van der Waals surface area contributed by atoms with E-state index in [0.29, 0.717) is 12.8 Å². The van der Waals surface area contributed by atoms with Crippen LogP contribution in [0.2, 0.25) is 0 Å². The topological polar surface area (TPSA) is 49.3 Å². The Bertz CT molecular complexity index is 374. The average Bonchev–Trinajstić information content (AvgIpc) is 2.19. The van der Waals surface area contributed by atoms with Crippen molar-refractivity contribution in [3.8, 4) is 0 Å². The fourth-order valence-corrected chi connectivity index (χ4v) is 1.88. The molecular formula is C14H21NO2. The minimum atomic E-state index is -0.385. The Hall–Kier alpha value is -1.35. The van der Waals surface area contributed by atoms with Crippen molar-refractivity contribution < 1.29 is 9.90 Å². The molecule has 1 aromatic carbocycles. The SMILES string of the molecule is Cc1ccccc1CC(=O)NC(C)CC(C)O. The van der Waals surface area contributed by atoms with Crippen molar-refractivity contribution in [2.45, 2.75) is 45.8 Å². The molecule has 17 heavy (non-hydrogen) atoms. The Morgan fingerprint density at radius 1 is 1.35 bits per heavy atom. The van der Waals surface area contributed by atoms with Gasteiger partial charge in [-0.2, -0.15) is 0 Å². The van der Waals surface area contributed by atoms with Crippen LogP contribution in [-0.4, -0.2) is 23.2 Å². The summed E-state index contributed by atoms with van der Waals surface area (Å²) in [5.74, 6) is 0.00690. The van der Waals surface area contributed by atoms with Gasteiger partial charge in [0, 0.05) is 6.04 Å². The monoisotopic (exact) mass is 235 g/mol. The highest BCUT2D eigenvalue weighted by molar-refractivity contribution is 5.79. The number of carbonyl (C=O) groups is 1. The van der Waals surface area contributed by atoms with Crippen LogP contribution in [0.15, 0.2) is 24.3 Å². The fraction of sp³-hybridized carbons (Fsp3) is 0.500. The molecule has 0 aliphatic carbocycles. The molecule has 0 aliphatic heterocycles. The molecule has 0 saturated heterocycles. The largest absolute Gasteiger partial charge is 0.393 e. The number of hydrogen-bond donors (Lipinski definition) is 2. The first kappa shape index (κ1) is 13.7. The summed E-state index contributed by atoms with van der Waals surface area (Å²) < 4.78 is 0. The van der Waals surface area contributed by atoms with E-state index in [9.17, 15) is 9.90 Å². The average molecular weight is 235 g/mol. The summed E-state index contributed by atoms with van der Waals surface area (Å²) >= 11 is 0. The van der Waals surface area contributed by atoms with Crippen LogP contribution in [0.4, 0.5) is 0 Å². The molecule has 0 radical (unpaired) electrons. The van der Waals surface area contributed by atoms with Crippen molar-refractivity contribution in [2.24, 2.45) is 0 Å². The maximum atomic E-state index is 11.8. The van der Waals surface area contributed by atoms with Crippen LogP contribution in [0.3, 0.4) is 0 Å². The first-order valence-electron chi connectivity index (χ1n) is 6.01. The van der Waals surface area contributed by atoms with Gasteiger partial charge in [0.15, 0.2) is 0 Å². The normalized spacial score (nSPS) is 14.1. The van der Waals surface area contributed by atoms with Crippen LogP contribution >= 0.6 is 0 Å². The summed E-state index contributed by atoms with van der Waals surface area (Å²) in [5.41, 5.74) is 2.18. The Morgan fingerprint density at radius 3 is 2.59 bits per heavy atom.